The molecule has 4 nitrogen and oxygen atoms in total. The highest BCUT2D eigenvalue weighted by Crippen LogP contribution is 2.16. The van der Waals surface area contributed by atoms with E-state index in [-0.39, 0.29) is 17.1 Å². The van der Waals surface area contributed by atoms with Crippen LogP contribution in [0, 0.1) is 5.82 Å². The summed E-state index contributed by atoms with van der Waals surface area (Å²) in [5.41, 5.74) is 5.07. The van der Waals surface area contributed by atoms with Crippen molar-refractivity contribution < 1.29 is 12.8 Å². The number of halogens is 1. The number of nitrogens with one attached hydrogen (secondary N) is 1. The van der Waals surface area contributed by atoms with Crippen molar-refractivity contribution in [3.05, 3.63) is 24.0 Å². The van der Waals surface area contributed by atoms with Crippen LogP contribution >= 0.6 is 0 Å². The maximum Gasteiger partial charge on any atom is 0.240 e. The normalized spacial score (nSPS) is 11.6. The first-order valence-electron chi connectivity index (χ1n) is 4.02. The van der Waals surface area contributed by atoms with Gasteiger partial charge in [0.15, 0.2) is 0 Å². The van der Waals surface area contributed by atoms with E-state index in [1.165, 1.54) is 6.07 Å². The summed E-state index contributed by atoms with van der Waals surface area (Å²) in [5.74, 6) is -0.625. The molecular weight excluding hydrogens is 207 g/mol. The molecule has 0 unspecified atom stereocenters. The monoisotopic (exact) mass is 218 g/mol. The van der Waals surface area contributed by atoms with Crippen molar-refractivity contribution in [3.8, 4) is 0 Å². The zero-order valence-electron chi connectivity index (χ0n) is 7.62. The second-order valence-corrected chi connectivity index (χ2v) is 4.45. The van der Waals surface area contributed by atoms with Crippen LogP contribution in [0.5, 0.6) is 0 Å². The number of hydrogen-bond donors (Lipinski definition) is 2. The average molecular weight is 218 g/mol. The molecule has 0 radical (unpaired) electrons. The first-order chi connectivity index (χ1) is 6.47. The van der Waals surface area contributed by atoms with E-state index in [9.17, 15) is 12.8 Å². The molecule has 0 atom stereocenters. The molecule has 78 valence electrons. The molecular formula is C8H11FN2O2S. The summed E-state index contributed by atoms with van der Waals surface area (Å²) in [7, 11) is -3.55. The third-order valence-electron chi connectivity index (χ3n) is 1.61. The van der Waals surface area contributed by atoms with Crippen molar-refractivity contribution in [3.63, 3.8) is 0 Å². The second-order valence-electron chi connectivity index (χ2n) is 2.68. The topological polar surface area (TPSA) is 72.2 Å². The van der Waals surface area contributed by atoms with Gasteiger partial charge in [0.2, 0.25) is 10.0 Å². The van der Waals surface area contributed by atoms with Crippen LogP contribution in [-0.4, -0.2) is 15.0 Å². The zero-order chi connectivity index (χ0) is 10.8. The predicted octanol–water partition coefficient (Wildman–Crippen LogP) is 0.706. The molecule has 0 spiro atoms. The van der Waals surface area contributed by atoms with Gasteiger partial charge in [-0.05, 0) is 18.2 Å². The molecule has 1 rings (SSSR count). The summed E-state index contributed by atoms with van der Waals surface area (Å²) >= 11 is 0. The Kier molecular flexibility index (Phi) is 3.07. The third-order valence-corrected chi connectivity index (χ3v) is 3.16. The Balaban J connectivity index is 3.15. The van der Waals surface area contributed by atoms with Gasteiger partial charge in [-0.1, -0.05) is 6.92 Å². The maximum absolute atomic E-state index is 12.7. The van der Waals surface area contributed by atoms with Gasteiger partial charge in [0.1, 0.15) is 5.82 Å². The van der Waals surface area contributed by atoms with Crippen LogP contribution in [-0.2, 0) is 10.0 Å². The van der Waals surface area contributed by atoms with Crippen molar-refractivity contribution in [2.24, 2.45) is 0 Å². The molecule has 0 amide bonds. The van der Waals surface area contributed by atoms with E-state index in [0.29, 0.717) is 0 Å². The van der Waals surface area contributed by atoms with Crippen LogP contribution in [0.2, 0.25) is 0 Å². The van der Waals surface area contributed by atoms with Gasteiger partial charge in [-0.25, -0.2) is 17.5 Å². The minimum atomic E-state index is -3.55. The van der Waals surface area contributed by atoms with Crippen molar-refractivity contribution in [1.29, 1.82) is 0 Å². The maximum atomic E-state index is 12.7. The molecule has 0 bridgehead atoms. The van der Waals surface area contributed by atoms with E-state index in [0.717, 1.165) is 12.1 Å². The Hall–Kier alpha value is -1.14. The quantitative estimate of drug-likeness (QED) is 0.734. The van der Waals surface area contributed by atoms with Gasteiger partial charge < -0.3 is 5.73 Å². The Morgan fingerprint density at radius 3 is 2.64 bits per heavy atom. The van der Waals surface area contributed by atoms with Crippen molar-refractivity contribution in [2.75, 3.05) is 12.3 Å². The number of anilines is 1. The summed E-state index contributed by atoms with van der Waals surface area (Å²) in [6, 6.07) is 3.29. The van der Waals surface area contributed by atoms with Crippen molar-refractivity contribution in [2.45, 2.75) is 11.8 Å². The average Bonchev–Trinajstić information content (AvgIpc) is 2.09. The Morgan fingerprint density at radius 2 is 2.14 bits per heavy atom. The van der Waals surface area contributed by atoms with E-state index >= 15 is 0 Å². The lowest BCUT2D eigenvalue weighted by Crippen LogP contribution is -2.23. The highest BCUT2D eigenvalue weighted by atomic mass is 32.2. The van der Waals surface area contributed by atoms with E-state index < -0.39 is 15.8 Å². The number of sulfonamides is 1. The number of nitrogens with two attached hydrogens (primary N) is 1. The van der Waals surface area contributed by atoms with E-state index in [1.807, 2.05) is 0 Å². The van der Waals surface area contributed by atoms with Gasteiger partial charge in [-0.15, -0.1) is 0 Å². The zero-order valence-corrected chi connectivity index (χ0v) is 8.44. The Bertz CT molecular complexity index is 431. The minimum absolute atomic E-state index is 0.0294. The third kappa shape index (κ3) is 2.21. The van der Waals surface area contributed by atoms with Crippen molar-refractivity contribution in [1.82, 2.24) is 4.72 Å². The molecule has 0 saturated carbocycles. The molecule has 1 aromatic rings. The number of rotatable bonds is 3. The standard InChI is InChI=1S/C8H11FN2O2S/c1-2-11-14(12,13)6-3-4-7(9)8(10)5-6/h3-5,11H,2,10H2,1H3. The van der Waals surface area contributed by atoms with Crippen LogP contribution in [0.3, 0.4) is 0 Å². The van der Waals surface area contributed by atoms with Gasteiger partial charge in [0.25, 0.3) is 0 Å². The molecule has 0 saturated heterocycles. The number of hydrogen-bond acceptors (Lipinski definition) is 3. The van der Waals surface area contributed by atoms with Crippen LogP contribution in [0.25, 0.3) is 0 Å². The molecule has 1 aromatic carbocycles. The van der Waals surface area contributed by atoms with E-state index in [4.69, 9.17) is 5.73 Å². The lowest BCUT2D eigenvalue weighted by atomic mass is 10.3. The van der Waals surface area contributed by atoms with Gasteiger partial charge >= 0.3 is 0 Å². The summed E-state index contributed by atoms with van der Waals surface area (Å²) in [6.45, 7) is 1.93. The SMILES string of the molecule is CCNS(=O)(=O)c1ccc(F)c(N)c1. The van der Waals surface area contributed by atoms with Crippen LogP contribution < -0.4 is 10.5 Å². The molecule has 0 heterocycles. The lowest BCUT2D eigenvalue weighted by Gasteiger charge is -2.05. The molecule has 0 aliphatic heterocycles. The summed E-state index contributed by atoms with van der Waals surface area (Å²) in [6.07, 6.45) is 0. The van der Waals surface area contributed by atoms with E-state index in [2.05, 4.69) is 4.72 Å². The van der Waals surface area contributed by atoms with E-state index in [1.54, 1.807) is 6.92 Å². The fourth-order valence-corrected chi connectivity index (χ4v) is 2.04. The van der Waals surface area contributed by atoms with Gasteiger partial charge in [-0.3, -0.25) is 0 Å². The second kappa shape index (κ2) is 3.93. The molecule has 6 heteroatoms. The summed E-state index contributed by atoms with van der Waals surface area (Å²) in [4.78, 5) is -0.0294. The molecule has 14 heavy (non-hydrogen) atoms. The number of benzene rings is 1. The largest absolute Gasteiger partial charge is 0.396 e. The summed E-state index contributed by atoms with van der Waals surface area (Å²) in [5, 5.41) is 0. The first kappa shape index (κ1) is 10.9. The molecule has 3 N–H and O–H groups in total. The Morgan fingerprint density at radius 1 is 1.50 bits per heavy atom. The van der Waals surface area contributed by atoms with Gasteiger partial charge in [0.05, 0.1) is 10.6 Å². The highest BCUT2D eigenvalue weighted by Gasteiger charge is 2.13. The number of nitrogen functional groups attached to an aromatic ring is 1. The van der Waals surface area contributed by atoms with Crippen molar-refractivity contribution >= 4 is 15.7 Å². The Labute approximate surface area is 82.0 Å². The van der Waals surface area contributed by atoms with Crippen LogP contribution in [0.1, 0.15) is 6.92 Å². The molecule has 0 aliphatic rings. The highest BCUT2D eigenvalue weighted by molar-refractivity contribution is 7.89. The minimum Gasteiger partial charge on any atom is -0.396 e. The molecule has 0 fully saturated rings. The fourth-order valence-electron chi connectivity index (χ4n) is 0.962. The fraction of sp³-hybridized carbons (Fsp3) is 0.250. The van der Waals surface area contributed by atoms with Crippen LogP contribution in [0.4, 0.5) is 10.1 Å². The predicted molar refractivity (Wildman–Crippen MR) is 51.7 cm³/mol. The summed E-state index contributed by atoms with van der Waals surface area (Å²) < 4.78 is 37.8. The smallest absolute Gasteiger partial charge is 0.240 e. The van der Waals surface area contributed by atoms with Gasteiger partial charge in [0, 0.05) is 6.54 Å². The lowest BCUT2D eigenvalue weighted by molar-refractivity contribution is 0.583. The van der Waals surface area contributed by atoms with Gasteiger partial charge in [-0.2, -0.15) is 0 Å². The molecule has 0 aliphatic carbocycles. The first-order valence-corrected chi connectivity index (χ1v) is 5.50. The molecule has 0 aromatic heterocycles. The van der Waals surface area contributed by atoms with Crippen LogP contribution in [0.15, 0.2) is 23.1 Å².